The van der Waals surface area contributed by atoms with Crippen LogP contribution in [-0.2, 0) is 34.5 Å². The van der Waals surface area contributed by atoms with Crippen LogP contribution in [0, 0.1) is 10.1 Å². The first-order valence-corrected chi connectivity index (χ1v) is 8.98. The molecule has 26 heavy (non-hydrogen) atoms. The third kappa shape index (κ3) is 6.03. The Morgan fingerprint density at radius 2 is 1.73 bits per heavy atom. The Kier molecular flexibility index (Phi) is 8.04. The van der Waals surface area contributed by atoms with E-state index in [0.717, 1.165) is 0 Å². The van der Waals surface area contributed by atoms with E-state index in [1.165, 1.54) is 38.1 Å². The SMILES string of the molecule is CCOP(=O)(OCC)/C(=N/OC(=O)Cc1ccc([N+](=O)[O-])cc1)C(N)=O. The highest BCUT2D eigenvalue weighted by atomic mass is 31.2. The number of amides is 1. The first-order valence-electron chi connectivity index (χ1n) is 7.44. The van der Waals surface area contributed by atoms with Crippen molar-refractivity contribution in [1.82, 2.24) is 0 Å². The van der Waals surface area contributed by atoms with Gasteiger partial charge in [-0.2, -0.15) is 0 Å². The topological polar surface area (TPSA) is 160 Å². The highest BCUT2D eigenvalue weighted by Crippen LogP contribution is 2.49. The van der Waals surface area contributed by atoms with Gasteiger partial charge in [0.2, 0.25) is 0 Å². The fourth-order valence-electron chi connectivity index (χ4n) is 1.76. The minimum Gasteiger partial charge on any atom is -0.364 e. The summed E-state index contributed by atoms with van der Waals surface area (Å²) >= 11 is 0. The predicted molar refractivity (Wildman–Crippen MR) is 90.4 cm³/mol. The summed E-state index contributed by atoms with van der Waals surface area (Å²) in [5, 5.41) is 13.8. The molecule has 1 aromatic carbocycles. The van der Waals surface area contributed by atoms with Gasteiger partial charge in [-0.15, -0.1) is 0 Å². The molecule has 1 rings (SSSR count). The highest BCUT2D eigenvalue weighted by Gasteiger charge is 2.37. The summed E-state index contributed by atoms with van der Waals surface area (Å²) in [6.45, 7) is 2.93. The molecule has 0 aliphatic carbocycles. The maximum Gasteiger partial charge on any atom is 0.388 e. The van der Waals surface area contributed by atoms with Crippen LogP contribution in [-0.4, -0.2) is 35.5 Å². The molecule has 0 spiro atoms. The Morgan fingerprint density at radius 3 is 2.15 bits per heavy atom. The Morgan fingerprint density at radius 1 is 1.19 bits per heavy atom. The first-order chi connectivity index (χ1) is 12.2. The van der Waals surface area contributed by atoms with E-state index in [9.17, 15) is 24.3 Å². The zero-order chi connectivity index (χ0) is 19.7. The van der Waals surface area contributed by atoms with Gasteiger partial charge in [0.1, 0.15) is 0 Å². The van der Waals surface area contributed by atoms with Gasteiger partial charge in [-0.05, 0) is 19.4 Å². The van der Waals surface area contributed by atoms with Gasteiger partial charge in [0, 0.05) is 12.1 Å². The van der Waals surface area contributed by atoms with Crippen LogP contribution in [0.4, 0.5) is 5.69 Å². The summed E-state index contributed by atoms with van der Waals surface area (Å²) in [6, 6.07) is 5.17. The molecule has 0 fully saturated rings. The zero-order valence-corrected chi connectivity index (χ0v) is 15.0. The minimum atomic E-state index is -4.12. The smallest absolute Gasteiger partial charge is 0.364 e. The van der Waals surface area contributed by atoms with E-state index >= 15 is 0 Å². The highest BCUT2D eigenvalue weighted by molar-refractivity contribution is 7.75. The lowest BCUT2D eigenvalue weighted by Crippen LogP contribution is -2.26. The quantitative estimate of drug-likeness (QED) is 0.209. The zero-order valence-electron chi connectivity index (χ0n) is 14.1. The van der Waals surface area contributed by atoms with Crippen molar-refractivity contribution in [2.45, 2.75) is 20.3 Å². The number of benzene rings is 1. The number of non-ortho nitro benzene ring substituents is 1. The Labute approximate surface area is 148 Å². The van der Waals surface area contributed by atoms with Crippen LogP contribution in [0.2, 0.25) is 0 Å². The number of hydrogen-bond acceptors (Lipinski definition) is 9. The van der Waals surface area contributed by atoms with Gasteiger partial charge in [0.05, 0.1) is 24.6 Å². The summed E-state index contributed by atoms with van der Waals surface area (Å²) in [5.74, 6) is -2.13. The first kappa shape index (κ1) is 21.4. The predicted octanol–water partition coefficient (Wildman–Crippen LogP) is 1.75. The van der Waals surface area contributed by atoms with E-state index in [1.807, 2.05) is 0 Å². The normalized spacial score (nSPS) is 11.8. The lowest BCUT2D eigenvalue weighted by Gasteiger charge is -2.16. The standard InChI is InChI=1S/C14H18N3O8P/c1-3-23-26(22,24-4-2)14(13(15)19)16-25-12(18)9-10-5-7-11(8-6-10)17(20)21/h5-8H,3-4,9H2,1-2H3,(H2,15,19)/b16-14+. The van der Waals surface area contributed by atoms with Crippen molar-refractivity contribution in [2.24, 2.45) is 10.9 Å². The number of primary amides is 1. The fourth-order valence-corrected chi connectivity index (χ4v) is 3.17. The second-order valence-corrected chi connectivity index (χ2v) is 6.61. The lowest BCUT2D eigenvalue weighted by molar-refractivity contribution is -0.384. The maximum atomic E-state index is 12.5. The molecule has 0 aliphatic rings. The van der Waals surface area contributed by atoms with Crippen LogP contribution in [0.5, 0.6) is 0 Å². The number of carbonyl (C=O) groups is 2. The monoisotopic (exact) mass is 387 g/mol. The molecule has 0 heterocycles. The van der Waals surface area contributed by atoms with Gasteiger partial charge in [-0.1, -0.05) is 17.3 Å². The third-order valence-electron chi connectivity index (χ3n) is 2.81. The van der Waals surface area contributed by atoms with Crippen LogP contribution in [0.1, 0.15) is 19.4 Å². The fraction of sp³-hybridized carbons (Fsp3) is 0.357. The van der Waals surface area contributed by atoms with Crippen molar-refractivity contribution >= 4 is 30.6 Å². The molecule has 2 N–H and O–H groups in total. The van der Waals surface area contributed by atoms with E-state index in [0.29, 0.717) is 5.56 Å². The number of nitrogens with zero attached hydrogens (tertiary/aromatic N) is 2. The number of nitrogens with two attached hydrogens (primary N) is 1. The summed E-state index contributed by atoms with van der Waals surface area (Å²) in [6.07, 6.45) is -0.291. The Bertz CT molecular complexity index is 737. The van der Waals surface area contributed by atoms with Crippen LogP contribution >= 0.6 is 7.60 Å². The molecule has 0 aromatic heterocycles. The van der Waals surface area contributed by atoms with E-state index in [4.69, 9.17) is 14.8 Å². The van der Waals surface area contributed by atoms with Crippen molar-refractivity contribution < 1.29 is 33.0 Å². The van der Waals surface area contributed by atoms with Gasteiger partial charge >= 0.3 is 13.6 Å². The molecule has 1 amide bonds. The lowest BCUT2D eigenvalue weighted by atomic mass is 10.1. The number of nitro groups is 1. The van der Waals surface area contributed by atoms with Gasteiger partial charge in [-0.25, -0.2) is 4.79 Å². The molecule has 0 radical (unpaired) electrons. The molecular formula is C14H18N3O8P. The van der Waals surface area contributed by atoms with Gasteiger partial charge < -0.3 is 19.6 Å². The second kappa shape index (κ2) is 9.76. The number of hydrogen-bond donors (Lipinski definition) is 1. The molecule has 0 atom stereocenters. The molecule has 0 saturated carbocycles. The molecule has 11 nitrogen and oxygen atoms in total. The molecule has 12 heteroatoms. The van der Waals surface area contributed by atoms with Gasteiger partial charge in [0.25, 0.3) is 17.0 Å². The molecule has 0 bridgehead atoms. The van der Waals surface area contributed by atoms with Crippen LogP contribution in [0.15, 0.2) is 29.4 Å². The molecule has 0 aliphatic heterocycles. The third-order valence-corrected chi connectivity index (χ3v) is 4.82. The van der Waals surface area contributed by atoms with E-state index < -0.39 is 29.8 Å². The average Bonchev–Trinajstić information content (AvgIpc) is 2.55. The number of nitro benzene ring substituents is 1. The van der Waals surface area contributed by atoms with Crippen LogP contribution in [0.25, 0.3) is 0 Å². The number of carbonyl (C=O) groups excluding carboxylic acids is 2. The van der Waals surface area contributed by atoms with E-state index in [1.54, 1.807) is 0 Å². The Balaban J connectivity index is 2.89. The summed E-state index contributed by atoms with van der Waals surface area (Å²) in [5.41, 5.74) is 4.55. The summed E-state index contributed by atoms with van der Waals surface area (Å²) in [7, 11) is -4.12. The molecular weight excluding hydrogens is 369 g/mol. The Hall–Kier alpha value is -2.62. The summed E-state index contributed by atoms with van der Waals surface area (Å²) < 4.78 is 22.3. The maximum absolute atomic E-state index is 12.5. The number of oxime groups is 1. The van der Waals surface area contributed by atoms with Crippen molar-refractivity contribution in [3.63, 3.8) is 0 Å². The van der Waals surface area contributed by atoms with Gasteiger partial charge in [0.15, 0.2) is 0 Å². The van der Waals surface area contributed by atoms with E-state index in [-0.39, 0.29) is 25.3 Å². The molecule has 142 valence electrons. The second-order valence-electron chi connectivity index (χ2n) is 4.68. The number of rotatable bonds is 10. The largest absolute Gasteiger partial charge is 0.388 e. The van der Waals surface area contributed by atoms with Gasteiger partial charge in [-0.3, -0.25) is 19.5 Å². The van der Waals surface area contributed by atoms with E-state index in [2.05, 4.69) is 9.99 Å². The van der Waals surface area contributed by atoms with Crippen LogP contribution in [0.3, 0.4) is 0 Å². The molecule has 0 saturated heterocycles. The van der Waals surface area contributed by atoms with Crippen molar-refractivity contribution in [3.8, 4) is 0 Å². The van der Waals surface area contributed by atoms with Crippen molar-refractivity contribution in [1.29, 1.82) is 0 Å². The molecule has 1 aromatic rings. The minimum absolute atomic E-state index is 0.0552. The van der Waals surface area contributed by atoms with Crippen molar-refractivity contribution in [2.75, 3.05) is 13.2 Å². The summed E-state index contributed by atoms with van der Waals surface area (Å²) in [4.78, 5) is 37.9. The molecule has 0 unspecified atom stereocenters. The average molecular weight is 387 g/mol. The van der Waals surface area contributed by atoms with Crippen LogP contribution < -0.4 is 5.73 Å². The van der Waals surface area contributed by atoms with Crippen molar-refractivity contribution in [3.05, 3.63) is 39.9 Å².